The molecule has 0 aliphatic rings. The van der Waals surface area contributed by atoms with Crippen LogP contribution in [0, 0.1) is 5.82 Å². The van der Waals surface area contributed by atoms with Gasteiger partial charge in [0.15, 0.2) is 0 Å². The monoisotopic (exact) mass is 399 g/mol. The Hall–Kier alpha value is -0.710. The van der Waals surface area contributed by atoms with Crippen LogP contribution in [0.25, 0.3) is 0 Å². The standard InChI is InChI=1S/C16H16Br2FN/c1-2-20-16(10-11-5-3-4-6-13(11)17)12-7-8-14(18)15(19)9-12/h3-9,16,20H,2,10H2,1H3. The topological polar surface area (TPSA) is 12.0 Å². The first kappa shape index (κ1) is 15.7. The smallest absolute Gasteiger partial charge is 0.137 e. The summed E-state index contributed by atoms with van der Waals surface area (Å²) in [5, 5.41) is 3.42. The zero-order valence-corrected chi connectivity index (χ0v) is 14.3. The van der Waals surface area contributed by atoms with Crippen LogP contribution in [-0.4, -0.2) is 6.54 Å². The Balaban J connectivity index is 2.27. The quantitative estimate of drug-likeness (QED) is 0.723. The van der Waals surface area contributed by atoms with Crippen LogP contribution in [0.1, 0.15) is 24.1 Å². The number of hydrogen-bond acceptors (Lipinski definition) is 1. The van der Waals surface area contributed by atoms with Gasteiger partial charge in [-0.2, -0.15) is 0 Å². The Morgan fingerprint density at radius 2 is 1.85 bits per heavy atom. The summed E-state index contributed by atoms with van der Waals surface area (Å²) in [6, 6.07) is 13.5. The van der Waals surface area contributed by atoms with Gasteiger partial charge in [0.2, 0.25) is 0 Å². The van der Waals surface area contributed by atoms with Crippen molar-refractivity contribution >= 4 is 31.9 Å². The molecule has 4 heteroatoms. The van der Waals surface area contributed by atoms with E-state index in [4.69, 9.17) is 0 Å². The molecule has 0 aromatic heterocycles. The molecule has 1 unspecified atom stereocenters. The minimum Gasteiger partial charge on any atom is -0.310 e. The summed E-state index contributed by atoms with van der Waals surface area (Å²) >= 11 is 6.76. The van der Waals surface area contributed by atoms with E-state index in [0.717, 1.165) is 23.0 Å². The lowest BCUT2D eigenvalue weighted by Crippen LogP contribution is -2.23. The average Bonchev–Trinajstić information content (AvgIpc) is 2.44. The molecule has 20 heavy (non-hydrogen) atoms. The van der Waals surface area contributed by atoms with Crippen LogP contribution in [0.15, 0.2) is 51.4 Å². The van der Waals surface area contributed by atoms with Gasteiger partial charge in [-0.15, -0.1) is 0 Å². The molecule has 0 bridgehead atoms. The number of hydrogen-bond donors (Lipinski definition) is 1. The minimum atomic E-state index is -0.225. The van der Waals surface area contributed by atoms with Crippen molar-refractivity contribution in [3.63, 3.8) is 0 Å². The Kier molecular flexibility index (Phi) is 5.75. The lowest BCUT2D eigenvalue weighted by atomic mass is 9.99. The van der Waals surface area contributed by atoms with Crippen LogP contribution in [0.5, 0.6) is 0 Å². The summed E-state index contributed by atoms with van der Waals surface area (Å²) in [5.74, 6) is -0.225. The predicted octanol–water partition coefficient (Wildman–Crippen LogP) is 5.24. The predicted molar refractivity (Wildman–Crippen MR) is 88.4 cm³/mol. The molecule has 2 aromatic carbocycles. The molecular weight excluding hydrogens is 385 g/mol. The fourth-order valence-electron chi connectivity index (χ4n) is 2.17. The van der Waals surface area contributed by atoms with E-state index in [-0.39, 0.29) is 11.9 Å². The fourth-order valence-corrected chi connectivity index (χ4v) is 2.86. The highest BCUT2D eigenvalue weighted by molar-refractivity contribution is 9.10. The van der Waals surface area contributed by atoms with Crippen LogP contribution < -0.4 is 5.32 Å². The second-order valence-corrected chi connectivity index (χ2v) is 6.29. The Bertz CT molecular complexity index is 586. The molecule has 0 saturated heterocycles. The Morgan fingerprint density at radius 3 is 2.50 bits per heavy atom. The van der Waals surface area contributed by atoms with E-state index in [1.807, 2.05) is 24.3 Å². The first-order valence-corrected chi connectivity index (χ1v) is 8.12. The van der Waals surface area contributed by atoms with E-state index in [0.29, 0.717) is 4.47 Å². The summed E-state index contributed by atoms with van der Waals surface area (Å²) in [4.78, 5) is 0. The van der Waals surface area contributed by atoms with Crippen molar-refractivity contribution in [2.24, 2.45) is 0 Å². The Labute approximate surface area is 135 Å². The van der Waals surface area contributed by atoms with Crippen molar-refractivity contribution in [1.29, 1.82) is 0 Å². The summed E-state index contributed by atoms with van der Waals surface area (Å²) in [6.45, 7) is 2.90. The second-order valence-electron chi connectivity index (χ2n) is 4.58. The number of halogens is 3. The van der Waals surface area contributed by atoms with Crippen molar-refractivity contribution < 1.29 is 4.39 Å². The lowest BCUT2D eigenvalue weighted by Gasteiger charge is -2.19. The largest absolute Gasteiger partial charge is 0.310 e. The number of rotatable bonds is 5. The normalized spacial score (nSPS) is 12.4. The SMILES string of the molecule is CCNC(Cc1ccccc1Br)c1ccc(Br)c(F)c1. The summed E-state index contributed by atoms with van der Waals surface area (Å²) in [6.07, 6.45) is 0.816. The number of benzene rings is 2. The van der Waals surface area contributed by atoms with E-state index in [9.17, 15) is 4.39 Å². The van der Waals surface area contributed by atoms with E-state index < -0.39 is 0 Å². The molecule has 1 N–H and O–H groups in total. The molecule has 2 aromatic rings. The third-order valence-corrected chi connectivity index (χ3v) is 4.60. The van der Waals surface area contributed by atoms with Gasteiger partial charge in [0.05, 0.1) is 4.47 Å². The van der Waals surface area contributed by atoms with Gasteiger partial charge < -0.3 is 5.32 Å². The van der Waals surface area contributed by atoms with Gasteiger partial charge in [-0.25, -0.2) is 4.39 Å². The molecule has 1 atom stereocenters. The highest BCUT2D eigenvalue weighted by Crippen LogP contribution is 2.26. The lowest BCUT2D eigenvalue weighted by molar-refractivity contribution is 0.541. The van der Waals surface area contributed by atoms with Gasteiger partial charge in [-0.05, 0) is 58.2 Å². The fraction of sp³-hybridized carbons (Fsp3) is 0.250. The summed E-state index contributed by atoms with van der Waals surface area (Å²) in [5.41, 5.74) is 2.17. The highest BCUT2D eigenvalue weighted by atomic mass is 79.9. The number of nitrogens with one attached hydrogen (secondary N) is 1. The molecular formula is C16H16Br2FN. The molecule has 0 aliphatic heterocycles. The molecule has 0 radical (unpaired) electrons. The maximum absolute atomic E-state index is 13.7. The second kappa shape index (κ2) is 7.34. The van der Waals surface area contributed by atoms with Crippen molar-refractivity contribution in [3.8, 4) is 0 Å². The van der Waals surface area contributed by atoms with Gasteiger partial charge in [0.25, 0.3) is 0 Å². The van der Waals surface area contributed by atoms with Crippen LogP contribution >= 0.6 is 31.9 Å². The zero-order chi connectivity index (χ0) is 14.5. The first-order valence-electron chi connectivity index (χ1n) is 6.53. The van der Waals surface area contributed by atoms with Crippen LogP contribution in [0.3, 0.4) is 0 Å². The first-order chi connectivity index (χ1) is 9.61. The van der Waals surface area contributed by atoms with Gasteiger partial charge in [-0.1, -0.05) is 47.1 Å². The van der Waals surface area contributed by atoms with E-state index in [1.54, 1.807) is 12.1 Å². The van der Waals surface area contributed by atoms with E-state index >= 15 is 0 Å². The molecule has 106 valence electrons. The van der Waals surface area contributed by atoms with Crippen molar-refractivity contribution in [2.45, 2.75) is 19.4 Å². The maximum Gasteiger partial charge on any atom is 0.137 e. The third kappa shape index (κ3) is 3.90. The molecule has 1 nitrogen and oxygen atoms in total. The molecule has 0 saturated carbocycles. The summed E-state index contributed by atoms with van der Waals surface area (Å²) < 4.78 is 15.3. The van der Waals surface area contributed by atoms with Gasteiger partial charge >= 0.3 is 0 Å². The third-order valence-electron chi connectivity index (χ3n) is 3.18. The molecule has 0 aliphatic carbocycles. The molecule has 2 rings (SSSR count). The average molecular weight is 401 g/mol. The van der Waals surface area contributed by atoms with Gasteiger partial charge in [-0.3, -0.25) is 0 Å². The molecule has 0 amide bonds. The van der Waals surface area contributed by atoms with Crippen LogP contribution in [0.4, 0.5) is 4.39 Å². The zero-order valence-electron chi connectivity index (χ0n) is 11.2. The van der Waals surface area contributed by atoms with E-state index in [2.05, 4.69) is 50.2 Å². The molecule has 0 fully saturated rings. The van der Waals surface area contributed by atoms with Crippen molar-refractivity contribution in [1.82, 2.24) is 5.32 Å². The highest BCUT2D eigenvalue weighted by Gasteiger charge is 2.14. The van der Waals surface area contributed by atoms with E-state index in [1.165, 1.54) is 5.56 Å². The van der Waals surface area contributed by atoms with Crippen molar-refractivity contribution in [3.05, 3.63) is 68.4 Å². The maximum atomic E-state index is 13.7. The molecule has 0 spiro atoms. The molecule has 0 heterocycles. The van der Waals surface area contributed by atoms with Gasteiger partial charge in [0, 0.05) is 10.5 Å². The van der Waals surface area contributed by atoms with Crippen molar-refractivity contribution in [2.75, 3.05) is 6.54 Å². The minimum absolute atomic E-state index is 0.0984. The van der Waals surface area contributed by atoms with Crippen LogP contribution in [-0.2, 0) is 6.42 Å². The number of likely N-dealkylation sites (N-methyl/N-ethyl adjacent to an activating group) is 1. The Morgan fingerprint density at radius 1 is 1.10 bits per heavy atom. The van der Waals surface area contributed by atoms with Gasteiger partial charge in [0.1, 0.15) is 5.82 Å². The summed E-state index contributed by atoms with van der Waals surface area (Å²) in [7, 11) is 0. The van der Waals surface area contributed by atoms with Crippen LogP contribution in [0.2, 0.25) is 0 Å².